The lowest BCUT2D eigenvalue weighted by atomic mass is 9.56. The van der Waals surface area contributed by atoms with E-state index >= 15 is 8.78 Å². The van der Waals surface area contributed by atoms with Crippen LogP contribution in [0, 0.1) is 11.6 Å². The van der Waals surface area contributed by atoms with Crippen molar-refractivity contribution in [2.24, 2.45) is 0 Å². The Morgan fingerprint density at radius 2 is 0.569 bits per heavy atom. The second-order valence-electron chi connectivity index (χ2n) is 27.4. The summed E-state index contributed by atoms with van der Waals surface area (Å²) in [7, 11) is 0. The van der Waals surface area contributed by atoms with Crippen molar-refractivity contribution >= 4 is 99.5 Å². The number of fused-ring (bicyclic) bond motifs is 16. The predicted molar refractivity (Wildman–Crippen MR) is 417 cm³/mol. The highest BCUT2D eigenvalue weighted by Gasteiger charge is 2.59. The first-order valence-electron chi connectivity index (χ1n) is 34.8. The van der Waals surface area contributed by atoms with Crippen LogP contribution >= 0.6 is 0 Å². The molecule has 2 aliphatic carbocycles. The van der Waals surface area contributed by atoms with Gasteiger partial charge in [0, 0.05) is 54.3 Å². The van der Waals surface area contributed by atoms with Crippen LogP contribution in [0.4, 0.5) is 42.9 Å². The maximum Gasteiger partial charge on any atom is 0.159 e. The van der Waals surface area contributed by atoms with Crippen molar-refractivity contribution in [1.82, 2.24) is 0 Å². The molecule has 2 heterocycles. The minimum atomic E-state index is -0.921. The van der Waals surface area contributed by atoms with E-state index in [0.29, 0.717) is 45.0 Å². The molecule has 0 saturated heterocycles. The van der Waals surface area contributed by atoms with Crippen LogP contribution in [0.3, 0.4) is 0 Å². The molecule has 16 aromatic carbocycles. The van der Waals surface area contributed by atoms with Gasteiger partial charge in [0.15, 0.2) is 11.2 Å². The van der Waals surface area contributed by atoms with E-state index in [1.807, 2.05) is 133 Å². The van der Waals surface area contributed by atoms with Gasteiger partial charge in [-0.2, -0.15) is 0 Å². The molecule has 0 fully saturated rings. The number of benzene rings is 16. The van der Waals surface area contributed by atoms with Crippen molar-refractivity contribution in [1.29, 1.82) is 0 Å². The fourth-order valence-electron chi connectivity index (χ4n) is 17.6. The van der Waals surface area contributed by atoms with Crippen LogP contribution in [0.1, 0.15) is 36.1 Å². The van der Waals surface area contributed by atoms with Gasteiger partial charge >= 0.3 is 0 Å². The van der Waals surface area contributed by atoms with Crippen molar-refractivity contribution in [3.8, 4) is 66.8 Å². The fraction of sp³-hybridized carbons (Fsp3) is 0.0417. The molecule has 0 amide bonds. The van der Waals surface area contributed by atoms with Crippen LogP contribution < -0.4 is 9.80 Å². The standard InChI is InChI=1S/C96H62F2N2O2/c1-95(77-47-23-19-43-73(77)89-69-41-17-15-37-65(69)85(57-79(89)95)99(83-49-27-45-71-67-39-21-25-51-87(67)101-93(71)83)91-75(61-33-11-5-12-34-61)53-63(55-81(91)97)59-29-7-3-8-30-59)96(2)78-48-24-20-44-74(78)90-70-42-18-16-38-66(70)86(58-80(90)96)100(84-50-28-46-72-68-40-22-26-52-88(68)102-94(72)84)92-76(62-35-13-6-14-36-62)54-64(56-82(92)98)60-31-9-4-10-32-60/h3-58H,1-2H3. The van der Waals surface area contributed by atoms with Gasteiger partial charge in [-0.25, -0.2) is 8.78 Å². The first-order valence-corrected chi connectivity index (χ1v) is 34.8. The molecule has 20 rings (SSSR count). The maximum atomic E-state index is 19.1. The van der Waals surface area contributed by atoms with Gasteiger partial charge in [-0.05, 0) is 149 Å². The maximum absolute atomic E-state index is 19.1. The second kappa shape index (κ2) is 22.8. The molecule has 0 aliphatic heterocycles. The zero-order valence-corrected chi connectivity index (χ0v) is 55.8. The molecule has 2 unspecified atom stereocenters. The Labute approximate surface area is 588 Å². The summed E-state index contributed by atoms with van der Waals surface area (Å²) in [4.78, 5) is 4.32. The number of rotatable bonds is 11. The van der Waals surface area contributed by atoms with Crippen molar-refractivity contribution < 1.29 is 17.6 Å². The number of para-hydroxylation sites is 4. The highest BCUT2D eigenvalue weighted by Crippen LogP contribution is 2.68. The summed E-state index contributed by atoms with van der Waals surface area (Å²) in [5.41, 5.74) is 20.0. The van der Waals surface area contributed by atoms with Crippen LogP contribution in [-0.2, 0) is 10.8 Å². The first-order chi connectivity index (χ1) is 50.2. The van der Waals surface area contributed by atoms with Crippen LogP contribution in [0.15, 0.2) is 349 Å². The number of nitrogens with zero attached hydrogens (tertiary/aromatic N) is 2. The molecule has 6 heteroatoms. The fourth-order valence-corrected chi connectivity index (χ4v) is 17.6. The molecular formula is C96H62F2N2O2. The molecule has 0 saturated carbocycles. The largest absolute Gasteiger partial charge is 0.454 e. The summed E-state index contributed by atoms with van der Waals surface area (Å²) in [5.74, 6) is -0.790. The normalized spacial score (nSPS) is 15.1. The molecule has 2 aromatic heterocycles. The van der Waals surface area contributed by atoms with E-state index in [-0.39, 0.29) is 0 Å². The molecule has 482 valence electrons. The Morgan fingerprint density at radius 1 is 0.245 bits per heavy atom. The minimum Gasteiger partial charge on any atom is -0.454 e. The van der Waals surface area contributed by atoms with Gasteiger partial charge in [0.25, 0.3) is 0 Å². The minimum absolute atomic E-state index is 0.383. The molecule has 0 spiro atoms. The SMILES string of the molecule is CC1(C2(C)c3ccccc3-c3c2cc(N(c2c(F)cc(-c4ccccc4)cc2-c2ccccc2)c2cccc4c2oc2ccccc24)c2ccccc32)c2ccccc2-c2c1cc(N(c1c(F)cc(-c3ccccc3)cc1-c1ccccc1)c1cccc3c1oc1ccccc13)c1ccccc21. The van der Waals surface area contributed by atoms with E-state index in [0.717, 1.165) is 144 Å². The molecule has 102 heavy (non-hydrogen) atoms. The second-order valence-corrected chi connectivity index (χ2v) is 27.4. The third kappa shape index (κ3) is 8.59. The summed E-state index contributed by atoms with van der Waals surface area (Å²) in [5, 5.41) is 7.68. The molecule has 0 radical (unpaired) electrons. The third-order valence-corrected chi connectivity index (χ3v) is 22.3. The summed E-state index contributed by atoms with van der Waals surface area (Å²) >= 11 is 0. The monoisotopic (exact) mass is 1310 g/mol. The lowest BCUT2D eigenvalue weighted by Gasteiger charge is -2.46. The molecule has 0 N–H and O–H groups in total. The number of hydrogen-bond donors (Lipinski definition) is 0. The van der Waals surface area contributed by atoms with Gasteiger partial charge < -0.3 is 18.6 Å². The van der Waals surface area contributed by atoms with Crippen molar-refractivity contribution in [2.45, 2.75) is 24.7 Å². The van der Waals surface area contributed by atoms with Gasteiger partial charge in [-0.1, -0.05) is 293 Å². The van der Waals surface area contributed by atoms with E-state index in [4.69, 9.17) is 8.83 Å². The van der Waals surface area contributed by atoms with Crippen LogP contribution in [0.5, 0.6) is 0 Å². The summed E-state index contributed by atoms with van der Waals surface area (Å²) < 4.78 is 52.5. The zero-order chi connectivity index (χ0) is 68.0. The smallest absolute Gasteiger partial charge is 0.159 e. The Bertz CT molecular complexity index is 6070. The third-order valence-electron chi connectivity index (χ3n) is 22.3. The molecule has 2 aliphatic rings. The Morgan fingerprint density at radius 3 is 0.971 bits per heavy atom. The van der Waals surface area contributed by atoms with E-state index in [1.54, 1.807) is 12.1 Å². The van der Waals surface area contributed by atoms with Crippen molar-refractivity contribution in [3.63, 3.8) is 0 Å². The highest BCUT2D eigenvalue weighted by atomic mass is 19.1. The Hall–Kier alpha value is -12.9. The number of hydrogen-bond acceptors (Lipinski definition) is 4. The van der Waals surface area contributed by atoms with Crippen LogP contribution in [0.25, 0.3) is 132 Å². The van der Waals surface area contributed by atoms with Gasteiger partial charge in [0.05, 0.1) is 34.1 Å². The van der Waals surface area contributed by atoms with E-state index < -0.39 is 22.5 Å². The summed E-state index contributed by atoms with van der Waals surface area (Å²) in [6.45, 7) is 4.88. The molecule has 4 nitrogen and oxygen atoms in total. The van der Waals surface area contributed by atoms with Crippen LogP contribution in [-0.4, -0.2) is 0 Å². The highest BCUT2D eigenvalue weighted by molar-refractivity contribution is 6.18. The quantitative estimate of drug-likeness (QED) is 0.129. The number of halogens is 2. The van der Waals surface area contributed by atoms with Gasteiger partial charge in [0.1, 0.15) is 22.8 Å². The van der Waals surface area contributed by atoms with Gasteiger partial charge in [-0.3, -0.25) is 0 Å². The average Bonchev–Trinajstić information content (AvgIpc) is 1.50. The molecule has 0 bridgehead atoms. The predicted octanol–water partition coefficient (Wildman–Crippen LogP) is 27.0. The van der Waals surface area contributed by atoms with Crippen LogP contribution in [0.2, 0.25) is 0 Å². The molecule has 18 aromatic rings. The van der Waals surface area contributed by atoms with E-state index in [2.05, 4.69) is 218 Å². The first kappa shape index (κ1) is 59.2. The number of anilines is 6. The summed E-state index contributed by atoms with van der Waals surface area (Å²) in [6.07, 6.45) is 0. The Kier molecular flexibility index (Phi) is 13.2. The zero-order valence-electron chi connectivity index (χ0n) is 55.8. The lowest BCUT2D eigenvalue weighted by Crippen LogP contribution is -2.44. The number of furan rings is 2. The van der Waals surface area contributed by atoms with Crippen molar-refractivity contribution in [3.05, 3.63) is 374 Å². The van der Waals surface area contributed by atoms with Crippen molar-refractivity contribution in [2.75, 3.05) is 9.80 Å². The average molecular weight is 1310 g/mol. The molecule has 2 atom stereocenters. The topological polar surface area (TPSA) is 32.8 Å². The van der Waals surface area contributed by atoms with Gasteiger partial charge in [-0.15, -0.1) is 0 Å². The Balaban J connectivity index is 0.903. The van der Waals surface area contributed by atoms with Gasteiger partial charge in [0.2, 0.25) is 0 Å². The van der Waals surface area contributed by atoms with E-state index in [9.17, 15) is 0 Å². The van der Waals surface area contributed by atoms with E-state index in [1.165, 1.54) is 0 Å². The lowest BCUT2D eigenvalue weighted by molar-refractivity contribution is 0.376. The summed E-state index contributed by atoms with van der Waals surface area (Å²) in [6, 6.07) is 117. The molecular weight excluding hydrogens is 1250 g/mol.